The number of rotatable bonds is 7. The minimum Gasteiger partial charge on any atom is -0.337 e. The quantitative estimate of drug-likeness (QED) is 0.620. The molecule has 0 spiro atoms. The molecule has 0 aliphatic carbocycles. The molecule has 184 valence electrons. The van der Waals surface area contributed by atoms with Crippen molar-refractivity contribution in [3.63, 3.8) is 0 Å². The number of sulfone groups is 1. The lowest BCUT2D eigenvalue weighted by Gasteiger charge is -2.23. The predicted octanol–water partition coefficient (Wildman–Crippen LogP) is 3.65. The molecule has 9 heteroatoms. The first kappa shape index (κ1) is 26.2. The molecular weight excluding hydrogens is 474 g/mol. The van der Waals surface area contributed by atoms with Gasteiger partial charge in [0.15, 0.2) is 9.84 Å². The van der Waals surface area contributed by atoms with Gasteiger partial charge in [-0.1, -0.05) is 43.6 Å². The normalized spacial score (nSPS) is 15.1. The number of carbonyl (C=O) groups is 2. The van der Waals surface area contributed by atoms with Gasteiger partial charge in [-0.15, -0.1) is 0 Å². The van der Waals surface area contributed by atoms with E-state index < -0.39 is 9.84 Å². The molecule has 7 nitrogen and oxygen atoms in total. The molecule has 0 saturated carbocycles. The molecule has 0 unspecified atom stereocenters. The van der Waals surface area contributed by atoms with Crippen LogP contribution in [0.1, 0.15) is 41.8 Å². The highest BCUT2D eigenvalue weighted by Crippen LogP contribution is 2.24. The molecule has 2 aromatic carbocycles. The van der Waals surface area contributed by atoms with E-state index in [2.05, 4.69) is 24.1 Å². The Hall–Kier alpha value is -2.42. The van der Waals surface area contributed by atoms with Gasteiger partial charge < -0.3 is 10.2 Å². The number of nitrogens with zero attached hydrogens (tertiary/aromatic N) is 2. The largest absolute Gasteiger partial charge is 0.337 e. The Kier molecular flexibility index (Phi) is 8.73. The van der Waals surface area contributed by atoms with Crippen molar-refractivity contribution in [2.45, 2.75) is 38.0 Å². The van der Waals surface area contributed by atoms with E-state index >= 15 is 0 Å². The van der Waals surface area contributed by atoms with Crippen molar-refractivity contribution < 1.29 is 18.0 Å². The molecule has 34 heavy (non-hydrogen) atoms. The lowest BCUT2D eigenvalue weighted by Crippen LogP contribution is -2.38. The van der Waals surface area contributed by atoms with Crippen molar-refractivity contribution >= 4 is 38.9 Å². The van der Waals surface area contributed by atoms with Crippen molar-refractivity contribution in [1.29, 1.82) is 0 Å². The summed E-state index contributed by atoms with van der Waals surface area (Å²) < 4.78 is 23.5. The number of aryl methyl sites for hydroxylation is 2. The molecule has 0 aromatic heterocycles. The van der Waals surface area contributed by atoms with Crippen LogP contribution >= 0.6 is 11.6 Å². The smallest absolute Gasteiger partial charge is 0.255 e. The maximum Gasteiger partial charge on any atom is 0.255 e. The summed E-state index contributed by atoms with van der Waals surface area (Å²) in [6.45, 7) is 6.68. The number of hydrogen-bond donors (Lipinski definition) is 1. The minimum atomic E-state index is -3.40. The summed E-state index contributed by atoms with van der Waals surface area (Å²) in [7, 11) is -3.40. The summed E-state index contributed by atoms with van der Waals surface area (Å²) in [6, 6.07) is 10.3. The summed E-state index contributed by atoms with van der Waals surface area (Å²) in [4.78, 5) is 29.7. The Morgan fingerprint density at radius 2 is 1.68 bits per heavy atom. The molecule has 1 saturated heterocycles. The van der Waals surface area contributed by atoms with Crippen LogP contribution in [0.3, 0.4) is 0 Å². The van der Waals surface area contributed by atoms with Crippen molar-refractivity contribution in [1.82, 2.24) is 9.80 Å². The summed E-state index contributed by atoms with van der Waals surface area (Å²) in [6.07, 6.45) is 3.52. The van der Waals surface area contributed by atoms with E-state index in [0.717, 1.165) is 42.3 Å². The van der Waals surface area contributed by atoms with Crippen molar-refractivity contribution in [3.8, 4) is 0 Å². The third-order valence-corrected chi connectivity index (χ3v) is 7.53. The predicted molar refractivity (Wildman–Crippen MR) is 135 cm³/mol. The van der Waals surface area contributed by atoms with Gasteiger partial charge in [-0.3, -0.25) is 14.5 Å². The number of anilines is 1. The number of para-hydroxylation sites is 1. The van der Waals surface area contributed by atoms with Crippen LogP contribution in [-0.2, 0) is 27.5 Å². The number of hydrogen-bond acceptors (Lipinski definition) is 5. The van der Waals surface area contributed by atoms with E-state index in [1.54, 1.807) is 4.90 Å². The van der Waals surface area contributed by atoms with E-state index in [9.17, 15) is 18.0 Å². The van der Waals surface area contributed by atoms with Gasteiger partial charge in [0.25, 0.3) is 5.91 Å². The number of nitrogens with one attached hydrogen (secondary N) is 1. The molecule has 1 heterocycles. The lowest BCUT2D eigenvalue weighted by atomic mass is 10.0. The highest BCUT2D eigenvalue weighted by atomic mass is 35.5. The van der Waals surface area contributed by atoms with Gasteiger partial charge in [0.1, 0.15) is 0 Å². The van der Waals surface area contributed by atoms with Crippen LogP contribution in [0.4, 0.5) is 5.69 Å². The molecule has 0 atom stereocenters. The molecule has 1 aliphatic rings. The molecular formula is C25H32ClN3O4S. The monoisotopic (exact) mass is 505 g/mol. The maximum atomic E-state index is 13.0. The summed E-state index contributed by atoms with van der Waals surface area (Å²) >= 11 is 6.24. The van der Waals surface area contributed by atoms with Crippen LogP contribution in [0.25, 0.3) is 0 Å². The maximum absolute atomic E-state index is 13.0. The molecule has 2 aromatic rings. The Morgan fingerprint density at radius 3 is 2.26 bits per heavy atom. The number of benzene rings is 2. The second-order valence-electron chi connectivity index (χ2n) is 8.54. The van der Waals surface area contributed by atoms with E-state index in [-0.39, 0.29) is 33.8 Å². The third-order valence-electron chi connectivity index (χ3n) is 6.11. The molecule has 3 rings (SSSR count). The van der Waals surface area contributed by atoms with E-state index in [1.165, 1.54) is 18.2 Å². The Morgan fingerprint density at radius 1 is 1.00 bits per heavy atom. The van der Waals surface area contributed by atoms with E-state index in [1.807, 2.05) is 18.2 Å². The standard InChI is InChI=1S/C25H32ClN3O4S/c1-4-18-8-6-9-19(5-2)24(18)27-23(30)17-28-12-7-13-29(15-14-28)25(31)21-11-10-20(16-22(21)26)34(3,32)33/h6,8-11,16H,4-5,7,12-15,17H2,1-3H3,(H,27,30). The first-order valence-electron chi connectivity index (χ1n) is 11.6. The van der Waals surface area contributed by atoms with E-state index in [4.69, 9.17) is 11.6 Å². The zero-order valence-corrected chi connectivity index (χ0v) is 21.5. The highest BCUT2D eigenvalue weighted by molar-refractivity contribution is 7.90. The van der Waals surface area contributed by atoms with Crippen molar-refractivity contribution in [2.75, 3.05) is 44.3 Å². The number of carbonyl (C=O) groups excluding carboxylic acids is 2. The average Bonchev–Trinajstić information content (AvgIpc) is 3.03. The van der Waals surface area contributed by atoms with Gasteiger partial charge in [-0.2, -0.15) is 0 Å². The second kappa shape index (κ2) is 11.3. The Balaban J connectivity index is 1.63. The molecule has 2 amide bonds. The molecule has 1 N–H and O–H groups in total. The molecule has 1 fully saturated rings. The number of amides is 2. The fraction of sp³-hybridized carbons (Fsp3) is 0.440. The fourth-order valence-electron chi connectivity index (χ4n) is 4.19. The summed E-state index contributed by atoms with van der Waals surface area (Å²) in [5, 5.41) is 3.23. The lowest BCUT2D eigenvalue weighted by molar-refractivity contribution is -0.117. The third kappa shape index (κ3) is 6.37. The van der Waals surface area contributed by atoms with Crippen LogP contribution in [0.5, 0.6) is 0 Å². The van der Waals surface area contributed by atoms with Crippen LogP contribution in [-0.4, -0.2) is 69.0 Å². The number of halogens is 1. The Labute approximate surface area is 207 Å². The van der Waals surface area contributed by atoms with Gasteiger partial charge >= 0.3 is 0 Å². The van der Waals surface area contributed by atoms with E-state index in [0.29, 0.717) is 26.2 Å². The topological polar surface area (TPSA) is 86.8 Å². The van der Waals surface area contributed by atoms with Gasteiger partial charge in [-0.25, -0.2) is 8.42 Å². The van der Waals surface area contributed by atoms with Crippen LogP contribution in [0.15, 0.2) is 41.3 Å². The minimum absolute atomic E-state index is 0.0604. The summed E-state index contributed by atoms with van der Waals surface area (Å²) in [5.41, 5.74) is 3.44. The van der Waals surface area contributed by atoms with Crippen LogP contribution < -0.4 is 5.32 Å². The zero-order valence-electron chi connectivity index (χ0n) is 19.9. The average molecular weight is 506 g/mol. The van der Waals surface area contributed by atoms with Crippen LogP contribution in [0.2, 0.25) is 5.02 Å². The zero-order chi connectivity index (χ0) is 24.9. The van der Waals surface area contributed by atoms with Gasteiger partial charge in [0, 0.05) is 38.1 Å². The van der Waals surface area contributed by atoms with Crippen molar-refractivity contribution in [2.24, 2.45) is 0 Å². The molecule has 1 aliphatic heterocycles. The van der Waals surface area contributed by atoms with Gasteiger partial charge in [0.2, 0.25) is 5.91 Å². The summed E-state index contributed by atoms with van der Waals surface area (Å²) in [5.74, 6) is -0.296. The molecule has 0 radical (unpaired) electrons. The van der Waals surface area contributed by atoms with Crippen LogP contribution in [0, 0.1) is 0 Å². The Bertz CT molecular complexity index is 1140. The highest BCUT2D eigenvalue weighted by Gasteiger charge is 2.24. The fourth-order valence-corrected chi connectivity index (χ4v) is 5.16. The first-order chi connectivity index (χ1) is 16.1. The second-order valence-corrected chi connectivity index (χ2v) is 11.0. The first-order valence-corrected chi connectivity index (χ1v) is 13.8. The van der Waals surface area contributed by atoms with Crippen molar-refractivity contribution in [3.05, 3.63) is 58.1 Å². The van der Waals surface area contributed by atoms with Gasteiger partial charge in [0.05, 0.1) is 22.0 Å². The molecule has 0 bridgehead atoms. The SMILES string of the molecule is CCc1cccc(CC)c1NC(=O)CN1CCCN(C(=O)c2ccc(S(C)(=O)=O)cc2Cl)CC1. The van der Waals surface area contributed by atoms with Gasteiger partial charge in [-0.05, 0) is 48.6 Å².